The molecule has 0 saturated carbocycles. The zero-order chi connectivity index (χ0) is 12.4. The van der Waals surface area contributed by atoms with Crippen molar-refractivity contribution < 1.29 is 14.3 Å². The maximum absolute atomic E-state index is 11.6. The van der Waals surface area contributed by atoms with E-state index in [-0.39, 0.29) is 5.97 Å². The molecule has 1 aromatic carbocycles. The van der Waals surface area contributed by atoms with Crippen LogP contribution in [0.1, 0.15) is 6.92 Å². The normalized spacial score (nSPS) is 18.3. The minimum Gasteiger partial charge on any atom is -0.475 e. The fourth-order valence-electron chi connectivity index (χ4n) is 1.78. The molecule has 1 aliphatic rings. The third-order valence-electron chi connectivity index (χ3n) is 2.59. The largest absolute Gasteiger partial charge is 0.475 e. The number of carbonyl (C=O) groups is 1. The molecular weight excluding hydrogens is 242 g/mol. The Morgan fingerprint density at radius 2 is 2.41 bits per heavy atom. The van der Waals surface area contributed by atoms with Crippen molar-refractivity contribution in [1.29, 1.82) is 0 Å². The number of anilines is 1. The van der Waals surface area contributed by atoms with Gasteiger partial charge in [0.15, 0.2) is 0 Å². The van der Waals surface area contributed by atoms with Crippen LogP contribution in [0.15, 0.2) is 18.2 Å². The van der Waals surface area contributed by atoms with Crippen LogP contribution in [0, 0.1) is 0 Å². The van der Waals surface area contributed by atoms with Crippen LogP contribution >= 0.6 is 11.6 Å². The fourth-order valence-corrected chi connectivity index (χ4v) is 1.95. The van der Waals surface area contributed by atoms with Crippen LogP contribution < -0.4 is 9.64 Å². The monoisotopic (exact) mass is 255 g/mol. The van der Waals surface area contributed by atoms with Crippen LogP contribution in [-0.2, 0) is 9.53 Å². The van der Waals surface area contributed by atoms with Gasteiger partial charge in [0.2, 0.25) is 6.10 Å². The van der Waals surface area contributed by atoms with Crippen molar-refractivity contribution in [3.8, 4) is 5.75 Å². The lowest BCUT2D eigenvalue weighted by molar-refractivity contribution is -0.151. The SMILES string of the molecule is CCOC(=O)C1CN(C)c2cc(Cl)ccc2O1. The number of halogens is 1. The summed E-state index contributed by atoms with van der Waals surface area (Å²) in [5.41, 5.74) is 0.887. The third kappa shape index (κ3) is 2.47. The summed E-state index contributed by atoms with van der Waals surface area (Å²) in [6, 6.07) is 5.32. The zero-order valence-corrected chi connectivity index (χ0v) is 10.5. The van der Waals surface area contributed by atoms with Gasteiger partial charge >= 0.3 is 5.97 Å². The maximum Gasteiger partial charge on any atom is 0.349 e. The molecule has 0 aromatic heterocycles. The van der Waals surface area contributed by atoms with Crippen LogP contribution in [0.25, 0.3) is 0 Å². The highest BCUT2D eigenvalue weighted by atomic mass is 35.5. The molecule has 1 aromatic rings. The Morgan fingerprint density at radius 3 is 3.12 bits per heavy atom. The lowest BCUT2D eigenvalue weighted by Crippen LogP contribution is -2.43. The first-order chi connectivity index (χ1) is 8.11. The van der Waals surface area contributed by atoms with Gasteiger partial charge in [0.25, 0.3) is 0 Å². The minimum atomic E-state index is -0.575. The molecule has 0 bridgehead atoms. The first kappa shape index (κ1) is 12.0. The van der Waals surface area contributed by atoms with Crippen molar-refractivity contribution in [3.05, 3.63) is 23.2 Å². The number of likely N-dealkylation sites (N-methyl/N-ethyl adjacent to an activating group) is 1. The second kappa shape index (κ2) is 4.84. The van der Waals surface area contributed by atoms with E-state index in [1.54, 1.807) is 19.1 Å². The summed E-state index contributed by atoms with van der Waals surface area (Å²) in [4.78, 5) is 13.6. The quantitative estimate of drug-likeness (QED) is 0.759. The molecule has 0 saturated heterocycles. The summed E-state index contributed by atoms with van der Waals surface area (Å²) in [7, 11) is 1.89. The summed E-state index contributed by atoms with van der Waals surface area (Å²) >= 11 is 5.92. The maximum atomic E-state index is 11.6. The number of nitrogens with zero attached hydrogens (tertiary/aromatic N) is 1. The van der Waals surface area contributed by atoms with Gasteiger partial charge in [-0.15, -0.1) is 0 Å². The van der Waals surface area contributed by atoms with Crippen LogP contribution in [0.2, 0.25) is 5.02 Å². The number of rotatable bonds is 2. The summed E-state index contributed by atoms with van der Waals surface area (Å²) in [6.45, 7) is 2.60. The summed E-state index contributed by atoms with van der Waals surface area (Å²) in [6.07, 6.45) is -0.575. The second-order valence-corrected chi connectivity index (χ2v) is 4.29. The molecule has 5 heteroatoms. The van der Waals surface area contributed by atoms with Gasteiger partial charge in [0.05, 0.1) is 18.8 Å². The molecule has 1 atom stereocenters. The van der Waals surface area contributed by atoms with E-state index in [0.717, 1.165) is 5.69 Å². The van der Waals surface area contributed by atoms with E-state index in [0.29, 0.717) is 23.9 Å². The summed E-state index contributed by atoms with van der Waals surface area (Å²) < 4.78 is 10.5. The first-order valence-electron chi connectivity index (χ1n) is 5.45. The molecule has 0 N–H and O–H groups in total. The van der Waals surface area contributed by atoms with Crippen molar-refractivity contribution in [2.24, 2.45) is 0 Å². The Labute approximate surface area is 105 Å². The van der Waals surface area contributed by atoms with Gasteiger partial charge in [0.1, 0.15) is 5.75 Å². The number of ether oxygens (including phenoxy) is 2. The average molecular weight is 256 g/mol. The molecule has 0 radical (unpaired) electrons. The zero-order valence-electron chi connectivity index (χ0n) is 9.77. The van der Waals surface area contributed by atoms with E-state index in [1.807, 2.05) is 18.0 Å². The van der Waals surface area contributed by atoms with E-state index in [1.165, 1.54) is 0 Å². The summed E-state index contributed by atoms with van der Waals surface area (Å²) in [5.74, 6) is 0.321. The molecule has 1 heterocycles. The number of fused-ring (bicyclic) bond motifs is 1. The molecule has 17 heavy (non-hydrogen) atoms. The second-order valence-electron chi connectivity index (χ2n) is 3.85. The molecule has 2 rings (SSSR count). The molecule has 1 aliphatic heterocycles. The molecule has 0 aliphatic carbocycles. The Balaban J connectivity index is 2.21. The van der Waals surface area contributed by atoms with E-state index in [9.17, 15) is 4.79 Å². The molecule has 0 amide bonds. The predicted molar refractivity (Wildman–Crippen MR) is 65.8 cm³/mol. The number of benzene rings is 1. The van der Waals surface area contributed by atoms with Crippen LogP contribution in [0.4, 0.5) is 5.69 Å². The van der Waals surface area contributed by atoms with Crippen molar-refractivity contribution in [1.82, 2.24) is 0 Å². The summed E-state index contributed by atoms with van der Waals surface area (Å²) in [5, 5.41) is 0.647. The van der Waals surface area contributed by atoms with E-state index >= 15 is 0 Å². The smallest absolute Gasteiger partial charge is 0.349 e. The molecule has 92 valence electrons. The van der Waals surface area contributed by atoms with Crippen LogP contribution in [0.3, 0.4) is 0 Å². The minimum absolute atomic E-state index is 0.333. The van der Waals surface area contributed by atoms with Crippen molar-refractivity contribution in [2.75, 3.05) is 25.1 Å². The van der Waals surface area contributed by atoms with E-state index in [2.05, 4.69) is 0 Å². The molecule has 4 nitrogen and oxygen atoms in total. The van der Waals surface area contributed by atoms with Gasteiger partial charge in [-0.1, -0.05) is 11.6 Å². The fraction of sp³-hybridized carbons (Fsp3) is 0.417. The van der Waals surface area contributed by atoms with Gasteiger partial charge in [-0.2, -0.15) is 0 Å². The van der Waals surface area contributed by atoms with Crippen molar-refractivity contribution in [2.45, 2.75) is 13.0 Å². The number of hydrogen-bond acceptors (Lipinski definition) is 4. The van der Waals surface area contributed by atoms with E-state index in [4.69, 9.17) is 21.1 Å². The Hall–Kier alpha value is -1.42. The van der Waals surface area contributed by atoms with Crippen molar-refractivity contribution in [3.63, 3.8) is 0 Å². The van der Waals surface area contributed by atoms with E-state index < -0.39 is 6.10 Å². The lowest BCUT2D eigenvalue weighted by atomic mass is 10.2. The highest BCUT2D eigenvalue weighted by molar-refractivity contribution is 6.31. The Bertz CT molecular complexity index is 436. The topological polar surface area (TPSA) is 38.8 Å². The molecule has 0 fully saturated rings. The van der Waals surface area contributed by atoms with Crippen molar-refractivity contribution >= 4 is 23.3 Å². The van der Waals surface area contributed by atoms with Gasteiger partial charge in [-0.3, -0.25) is 0 Å². The molecule has 1 unspecified atom stereocenters. The average Bonchev–Trinajstić information content (AvgIpc) is 2.30. The predicted octanol–water partition coefficient (Wildman–Crippen LogP) is 2.10. The molecule has 0 spiro atoms. The highest BCUT2D eigenvalue weighted by Crippen LogP contribution is 2.34. The number of esters is 1. The van der Waals surface area contributed by atoms with Gasteiger partial charge < -0.3 is 14.4 Å². The number of carbonyl (C=O) groups excluding carboxylic acids is 1. The first-order valence-corrected chi connectivity index (χ1v) is 5.83. The Kier molecular flexibility index (Phi) is 3.43. The van der Waals surface area contributed by atoms with Crippen LogP contribution in [0.5, 0.6) is 5.75 Å². The van der Waals surface area contributed by atoms with Crippen LogP contribution in [-0.4, -0.2) is 32.3 Å². The third-order valence-corrected chi connectivity index (χ3v) is 2.83. The molecular formula is C12H14ClNO3. The van der Waals surface area contributed by atoms with Gasteiger partial charge in [-0.25, -0.2) is 4.79 Å². The van der Waals surface area contributed by atoms with Gasteiger partial charge in [-0.05, 0) is 25.1 Å². The lowest BCUT2D eigenvalue weighted by Gasteiger charge is -2.32. The Morgan fingerprint density at radius 1 is 1.65 bits per heavy atom. The number of hydrogen-bond donors (Lipinski definition) is 0. The van der Waals surface area contributed by atoms with Gasteiger partial charge in [0, 0.05) is 12.1 Å². The highest BCUT2D eigenvalue weighted by Gasteiger charge is 2.30. The standard InChI is InChI=1S/C12H14ClNO3/c1-3-16-12(15)11-7-14(2)9-6-8(13)4-5-10(9)17-11/h4-6,11H,3,7H2,1-2H3.